The number of hydrogen-bond acceptors (Lipinski definition) is 8. The number of carbonyl (C=O) groups is 1. The molecular weight excluding hydrogens is 446 g/mol. The summed E-state index contributed by atoms with van der Waals surface area (Å²) in [7, 11) is -3.53. The third-order valence-electron chi connectivity index (χ3n) is 4.57. The normalized spacial score (nSPS) is 11.5. The summed E-state index contributed by atoms with van der Waals surface area (Å²) >= 11 is 0. The molecule has 33 heavy (non-hydrogen) atoms. The summed E-state index contributed by atoms with van der Waals surface area (Å²) in [5.74, 6) is 0.341. The molecule has 0 saturated heterocycles. The van der Waals surface area contributed by atoms with Crippen LogP contribution in [0, 0.1) is 0 Å². The number of nitrogens with one attached hydrogen (secondary N) is 2. The van der Waals surface area contributed by atoms with Crippen molar-refractivity contribution in [1.29, 1.82) is 0 Å². The van der Waals surface area contributed by atoms with Crippen LogP contribution >= 0.6 is 0 Å². The number of hydrogen-bond donors (Lipinski definition) is 3. The molecule has 0 radical (unpaired) electrons. The summed E-state index contributed by atoms with van der Waals surface area (Å²) < 4.78 is 31.6. The van der Waals surface area contributed by atoms with Gasteiger partial charge in [0.25, 0.3) is 0 Å². The van der Waals surface area contributed by atoms with E-state index in [1.807, 2.05) is 30.8 Å². The van der Waals surface area contributed by atoms with Crippen LogP contribution in [0.15, 0.2) is 47.6 Å². The van der Waals surface area contributed by atoms with E-state index in [0.717, 1.165) is 6.26 Å². The fourth-order valence-electron chi connectivity index (χ4n) is 3.04. The minimum Gasteiger partial charge on any atom is -0.491 e. The molecule has 0 aliphatic rings. The Balaban J connectivity index is 2.09. The molecule has 2 aromatic heterocycles. The monoisotopic (exact) mass is 473 g/mol. The number of aromatic nitrogens is 3. The van der Waals surface area contributed by atoms with Crippen LogP contribution < -0.4 is 15.4 Å². The molecule has 0 aliphatic heterocycles. The quantitative estimate of drug-likeness (QED) is 0.432. The first-order valence-electron chi connectivity index (χ1n) is 10.3. The Bertz CT molecular complexity index is 1250. The lowest BCUT2D eigenvalue weighted by molar-refractivity contribution is -0.114. The Hall–Kier alpha value is -3.44. The molecule has 0 bridgehead atoms. The Labute approximate surface area is 192 Å². The van der Waals surface area contributed by atoms with Gasteiger partial charge in [-0.05, 0) is 32.0 Å². The maximum absolute atomic E-state index is 12.2. The summed E-state index contributed by atoms with van der Waals surface area (Å²) in [6.07, 6.45) is 4.55. The van der Waals surface area contributed by atoms with Gasteiger partial charge < -0.3 is 20.5 Å². The number of rotatable bonds is 9. The standard InChI is InChI=1S/C22H27N5O5S/c1-14(2)27-6-5-20(26-27)19-13-23-22(24-15(3)29)12-21(19)25-16-9-17(32-8-7-28)11-18(10-16)33(4,30)31/h5-6,9-14,28H,7-8H2,1-4H3,(H2,23,24,25,29). The molecule has 1 aromatic carbocycles. The SMILES string of the molecule is CC(=O)Nc1cc(Nc2cc(OCCO)cc(S(C)(=O)=O)c2)c(-c2ccn(C(C)C)n2)cn1. The van der Waals surface area contributed by atoms with Crippen molar-refractivity contribution >= 4 is 32.9 Å². The van der Waals surface area contributed by atoms with Crippen molar-refractivity contribution in [2.45, 2.75) is 31.7 Å². The van der Waals surface area contributed by atoms with Gasteiger partial charge in [0.15, 0.2) is 9.84 Å². The van der Waals surface area contributed by atoms with E-state index in [-0.39, 0.29) is 35.8 Å². The second-order valence-corrected chi connectivity index (χ2v) is 9.75. The second-order valence-electron chi connectivity index (χ2n) is 7.73. The summed E-state index contributed by atoms with van der Waals surface area (Å²) in [5.41, 5.74) is 2.31. The summed E-state index contributed by atoms with van der Waals surface area (Å²) in [6.45, 7) is 5.22. The van der Waals surface area contributed by atoms with Crippen LogP contribution in [0.4, 0.5) is 17.2 Å². The van der Waals surface area contributed by atoms with E-state index in [1.54, 1.807) is 18.3 Å². The van der Waals surface area contributed by atoms with E-state index < -0.39 is 9.84 Å². The van der Waals surface area contributed by atoms with Crippen LogP contribution in [0.25, 0.3) is 11.3 Å². The van der Waals surface area contributed by atoms with Gasteiger partial charge in [0.2, 0.25) is 5.91 Å². The Morgan fingerprint density at radius 2 is 2.00 bits per heavy atom. The number of ether oxygens (including phenoxy) is 1. The number of sulfone groups is 1. The van der Waals surface area contributed by atoms with Gasteiger partial charge >= 0.3 is 0 Å². The average molecular weight is 474 g/mol. The van der Waals surface area contributed by atoms with Gasteiger partial charge in [0.05, 0.1) is 22.9 Å². The Morgan fingerprint density at radius 3 is 2.61 bits per heavy atom. The van der Waals surface area contributed by atoms with Crippen molar-refractivity contribution in [2.24, 2.45) is 0 Å². The molecule has 3 aromatic rings. The largest absolute Gasteiger partial charge is 0.491 e. The first kappa shape index (κ1) is 24.2. The van der Waals surface area contributed by atoms with Crippen LogP contribution in [0.5, 0.6) is 5.75 Å². The summed E-state index contributed by atoms with van der Waals surface area (Å²) in [6, 6.07) is 8.17. The van der Waals surface area contributed by atoms with Gasteiger partial charge in [-0.3, -0.25) is 9.48 Å². The Morgan fingerprint density at radius 1 is 1.24 bits per heavy atom. The fraction of sp³-hybridized carbons (Fsp3) is 0.318. The zero-order valence-corrected chi connectivity index (χ0v) is 19.7. The third kappa shape index (κ3) is 6.30. The molecule has 1 amide bonds. The van der Waals surface area contributed by atoms with Gasteiger partial charge in [-0.2, -0.15) is 5.10 Å². The number of pyridine rings is 1. The molecule has 11 heteroatoms. The lowest BCUT2D eigenvalue weighted by atomic mass is 10.1. The molecule has 0 atom stereocenters. The van der Waals surface area contributed by atoms with Crippen molar-refractivity contribution in [1.82, 2.24) is 14.8 Å². The number of carbonyl (C=O) groups excluding carboxylic acids is 1. The van der Waals surface area contributed by atoms with Crippen LogP contribution in [-0.2, 0) is 14.6 Å². The Kier molecular flexibility index (Phi) is 7.34. The van der Waals surface area contributed by atoms with Crippen LogP contribution in [0.3, 0.4) is 0 Å². The second kappa shape index (κ2) is 10.0. The summed E-state index contributed by atoms with van der Waals surface area (Å²) in [4.78, 5) is 15.9. The molecule has 3 N–H and O–H groups in total. The predicted molar refractivity (Wildman–Crippen MR) is 126 cm³/mol. The third-order valence-corrected chi connectivity index (χ3v) is 5.66. The predicted octanol–water partition coefficient (Wildman–Crippen LogP) is 3.00. The van der Waals surface area contributed by atoms with E-state index in [0.29, 0.717) is 28.5 Å². The van der Waals surface area contributed by atoms with E-state index in [2.05, 4.69) is 20.7 Å². The van der Waals surface area contributed by atoms with E-state index in [9.17, 15) is 13.2 Å². The number of benzene rings is 1. The minimum atomic E-state index is -3.53. The lowest BCUT2D eigenvalue weighted by Crippen LogP contribution is -2.08. The van der Waals surface area contributed by atoms with Crippen molar-refractivity contribution in [3.05, 3.63) is 42.7 Å². The number of amides is 1. The molecule has 10 nitrogen and oxygen atoms in total. The maximum Gasteiger partial charge on any atom is 0.222 e. The molecular formula is C22H27N5O5S. The highest BCUT2D eigenvalue weighted by atomic mass is 32.2. The topological polar surface area (TPSA) is 135 Å². The number of anilines is 3. The van der Waals surface area contributed by atoms with Gasteiger partial charge in [-0.15, -0.1) is 0 Å². The van der Waals surface area contributed by atoms with Gasteiger partial charge in [-0.25, -0.2) is 13.4 Å². The van der Waals surface area contributed by atoms with Crippen LogP contribution in [0.1, 0.15) is 26.8 Å². The molecule has 0 aliphatic carbocycles. The smallest absolute Gasteiger partial charge is 0.222 e. The van der Waals surface area contributed by atoms with Crippen molar-refractivity contribution < 1.29 is 23.1 Å². The van der Waals surface area contributed by atoms with Crippen LogP contribution in [-0.4, -0.2) is 53.7 Å². The van der Waals surface area contributed by atoms with Crippen molar-refractivity contribution in [3.8, 4) is 17.0 Å². The minimum absolute atomic E-state index is 0.0203. The molecule has 2 heterocycles. The van der Waals surface area contributed by atoms with Gasteiger partial charge in [0, 0.05) is 55.0 Å². The highest BCUT2D eigenvalue weighted by Crippen LogP contribution is 2.33. The van der Waals surface area contributed by atoms with E-state index in [1.165, 1.54) is 19.1 Å². The fourth-order valence-corrected chi connectivity index (χ4v) is 3.71. The van der Waals surface area contributed by atoms with Gasteiger partial charge in [-0.1, -0.05) is 0 Å². The maximum atomic E-state index is 12.2. The number of aliphatic hydroxyl groups is 1. The van der Waals surface area contributed by atoms with E-state index >= 15 is 0 Å². The van der Waals surface area contributed by atoms with Gasteiger partial charge in [0.1, 0.15) is 18.2 Å². The highest BCUT2D eigenvalue weighted by Gasteiger charge is 2.15. The molecule has 176 valence electrons. The van der Waals surface area contributed by atoms with E-state index in [4.69, 9.17) is 9.84 Å². The summed E-state index contributed by atoms with van der Waals surface area (Å²) in [5, 5.41) is 19.5. The highest BCUT2D eigenvalue weighted by molar-refractivity contribution is 7.90. The zero-order valence-electron chi connectivity index (χ0n) is 18.9. The number of aliphatic hydroxyl groups excluding tert-OH is 1. The van der Waals surface area contributed by atoms with Crippen LogP contribution in [0.2, 0.25) is 0 Å². The lowest BCUT2D eigenvalue weighted by Gasteiger charge is -2.15. The molecule has 0 saturated carbocycles. The molecule has 0 unspecified atom stereocenters. The average Bonchev–Trinajstić information content (AvgIpc) is 3.21. The molecule has 3 rings (SSSR count). The first-order valence-corrected chi connectivity index (χ1v) is 12.1. The van der Waals surface area contributed by atoms with Crippen molar-refractivity contribution in [3.63, 3.8) is 0 Å². The molecule has 0 spiro atoms. The zero-order chi connectivity index (χ0) is 24.2. The van der Waals surface area contributed by atoms with Crippen molar-refractivity contribution in [2.75, 3.05) is 30.1 Å². The molecule has 0 fully saturated rings. The first-order chi connectivity index (χ1) is 15.6. The number of nitrogens with zero attached hydrogens (tertiary/aromatic N) is 3.